The van der Waals surface area contributed by atoms with Crippen LogP contribution in [0.15, 0.2) is 24.3 Å². The van der Waals surface area contributed by atoms with E-state index in [1.165, 1.54) is 6.07 Å². The summed E-state index contributed by atoms with van der Waals surface area (Å²) in [6, 6.07) is 6.89. The molecule has 0 aliphatic heterocycles. The van der Waals surface area contributed by atoms with Crippen molar-refractivity contribution in [2.24, 2.45) is 5.73 Å². The van der Waals surface area contributed by atoms with Gasteiger partial charge in [0.2, 0.25) is 0 Å². The van der Waals surface area contributed by atoms with Gasteiger partial charge >= 0.3 is 0 Å². The summed E-state index contributed by atoms with van der Waals surface area (Å²) < 4.78 is 13.2. The van der Waals surface area contributed by atoms with E-state index in [9.17, 15) is 4.39 Å². The van der Waals surface area contributed by atoms with E-state index in [-0.39, 0.29) is 17.1 Å². The predicted octanol–water partition coefficient (Wildman–Crippen LogP) is 3.75. The fourth-order valence-electron chi connectivity index (χ4n) is 1.61. The van der Waals surface area contributed by atoms with E-state index < -0.39 is 0 Å². The zero-order valence-electron chi connectivity index (χ0n) is 9.95. The second kappa shape index (κ2) is 6.92. The lowest BCUT2D eigenvalue weighted by Gasteiger charge is -2.22. The molecule has 1 aromatic rings. The normalized spacial score (nSPS) is 14.8. The monoisotopic (exact) mass is 241 g/mol. The van der Waals surface area contributed by atoms with Crippen LogP contribution in [0.3, 0.4) is 0 Å². The summed E-state index contributed by atoms with van der Waals surface area (Å²) in [6.45, 7) is 4.22. The molecule has 0 heterocycles. The van der Waals surface area contributed by atoms with Gasteiger partial charge < -0.3 is 5.73 Å². The van der Waals surface area contributed by atoms with Crippen molar-refractivity contribution >= 4 is 11.8 Å². The van der Waals surface area contributed by atoms with Crippen LogP contribution in [-0.2, 0) is 0 Å². The van der Waals surface area contributed by atoms with Gasteiger partial charge in [0.15, 0.2) is 0 Å². The van der Waals surface area contributed by atoms with Crippen LogP contribution < -0.4 is 5.73 Å². The van der Waals surface area contributed by atoms with Gasteiger partial charge in [-0.05, 0) is 36.3 Å². The minimum absolute atomic E-state index is 0.0957. The summed E-state index contributed by atoms with van der Waals surface area (Å²) in [5.74, 6) is 0.886. The highest BCUT2D eigenvalue weighted by Crippen LogP contribution is 2.33. The Labute approximate surface area is 102 Å². The lowest BCUT2D eigenvalue weighted by molar-refractivity contribution is 0.610. The molecule has 2 N–H and O–H groups in total. The molecule has 0 radical (unpaired) electrons. The Morgan fingerprint density at radius 2 is 2.12 bits per heavy atom. The van der Waals surface area contributed by atoms with Crippen LogP contribution in [0.5, 0.6) is 0 Å². The van der Waals surface area contributed by atoms with Crippen molar-refractivity contribution in [1.82, 2.24) is 0 Å². The molecule has 0 aliphatic carbocycles. The van der Waals surface area contributed by atoms with Crippen molar-refractivity contribution in [1.29, 1.82) is 0 Å². The highest BCUT2D eigenvalue weighted by molar-refractivity contribution is 7.99. The third kappa shape index (κ3) is 3.80. The standard InChI is InChI=1S/C13H20FNS/c1-3-8-16-13(12(15)4-2)10-6-5-7-11(14)9-10/h5-7,9,12-13H,3-4,8,15H2,1-2H3. The van der Waals surface area contributed by atoms with E-state index in [2.05, 4.69) is 13.8 Å². The van der Waals surface area contributed by atoms with E-state index in [0.29, 0.717) is 0 Å². The first-order valence-corrected chi connectivity index (χ1v) is 6.86. The van der Waals surface area contributed by atoms with Gasteiger partial charge in [0.25, 0.3) is 0 Å². The first-order valence-electron chi connectivity index (χ1n) is 5.81. The minimum Gasteiger partial charge on any atom is -0.326 e. The lowest BCUT2D eigenvalue weighted by atomic mass is 10.0. The van der Waals surface area contributed by atoms with E-state index >= 15 is 0 Å². The largest absolute Gasteiger partial charge is 0.326 e. The topological polar surface area (TPSA) is 26.0 Å². The molecule has 1 nitrogen and oxygen atoms in total. The number of hydrogen-bond acceptors (Lipinski definition) is 2. The highest BCUT2D eigenvalue weighted by atomic mass is 32.2. The van der Waals surface area contributed by atoms with Crippen molar-refractivity contribution in [2.75, 3.05) is 5.75 Å². The molecular weight excluding hydrogens is 221 g/mol. The molecule has 0 aliphatic rings. The highest BCUT2D eigenvalue weighted by Gasteiger charge is 2.18. The maximum absolute atomic E-state index is 13.2. The van der Waals surface area contributed by atoms with Gasteiger partial charge in [0, 0.05) is 11.3 Å². The Bertz CT molecular complexity index is 317. The van der Waals surface area contributed by atoms with Crippen LogP contribution in [0.4, 0.5) is 4.39 Å². The fraction of sp³-hybridized carbons (Fsp3) is 0.538. The van der Waals surface area contributed by atoms with E-state index in [1.54, 1.807) is 12.1 Å². The number of benzene rings is 1. The Hall–Kier alpha value is -0.540. The second-order valence-electron chi connectivity index (χ2n) is 3.92. The molecule has 0 bridgehead atoms. The zero-order chi connectivity index (χ0) is 12.0. The Morgan fingerprint density at radius 3 is 2.69 bits per heavy atom. The van der Waals surface area contributed by atoms with Gasteiger partial charge in [-0.15, -0.1) is 0 Å². The number of halogens is 1. The third-order valence-corrected chi connectivity index (χ3v) is 4.16. The van der Waals surface area contributed by atoms with Gasteiger partial charge in [-0.3, -0.25) is 0 Å². The maximum atomic E-state index is 13.2. The fourth-order valence-corrected chi connectivity index (χ4v) is 2.88. The molecule has 3 heteroatoms. The molecule has 1 rings (SSSR count). The van der Waals surface area contributed by atoms with Crippen molar-refractivity contribution < 1.29 is 4.39 Å². The maximum Gasteiger partial charge on any atom is 0.123 e. The molecule has 0 saturated carbocycles. The molecule has 0 amide bonds. The van der Waals surface area contributed by atoms with Crippen LogP contribution >= 0.6 is 11.8 Å². The van der Waals surface area contributed by atoms with E-state index in [1.807, 2.05) is 17.8 Å². The van der Waals surface area contributed by atoms with E-state index in [4.69, 9.17) is 5.73 Å². The van der Waals surface area contributed by atoms with Crippen LogP contribution in [0, 0.1) is 5.82 Å². The average molecular weight is 241 g/mol. The van der Waals surface area contributed by atoms with Crippen LogP contribution in [-0.4, -0.2) is 11.8 Å². The quantitative estimate of drug-likeness (QED) is 0.821. The predicted molar refractivity (Wildman–Crippen MR) is 70.2 cm³/mol. The molecule has 90 valence electrons. The van der Waals surface area contributed by atoms with Crippen molar-refractivity contribution in [2.45, 2.75) is 38.0 Å². The van der Waals surface area contributed by atoms with Crippen molar-refractivity contribution in [3.05, 3.63) is 35.6 Å². The number of rotatable bonds is 6. The number of nitrogens with two attached hydrogens (primary N) is 1. The molecule has 1 aromatic carbocycles. The van der Waals surface area contributed by atoms with Gasteiger partial charge in [0.1, 0.15) is 5.82 Å². The summed E-state index contributed by atoms with van der Waals surface area (Å²) in [6.07, 6.45) is 2.03. The zero-order valence-corrected chi connectivity index (χ0v) is 10.8. The molecular formula is C13H20FNS. The molecule has 2 unspecified atom stereocenters. The summed E-state index contributed by atoms with van der Waals surface area (Å²) in [5, 5.41) is 0.209. The first-order chi connectivity index (χ1) is 7.69. The van der Waals surface area contributed by atoms with Crippen LogP contribution in [0.2, 0.25) is 0 Å². The van der Waals surface area contributed by atoms with Crippen LogP contribution in [0.25, 0.3) is 0 Å². The van der Waals surface area contributed by atoms with Gasteiger partial charge in [-0.1, -0.05) is 26.0 Å². The smallest absolute Gasteiger partial charge is 0.123 e. The first kappa shape index (κ1) is 13.5. The molecule has 0 spiro atoms. The van der Waals surface area contributed by atoms with E-state index in [0.717, 1.165) is 24.2 Å². The summed E-state index contributed by atoms with van der Waals surface area (Å²) >= 11 is 1.82. The second-order valence-corrected chi connectivity index (χ2v) is 5.17. The molecule has 0 fully saturated rings. The van der Waals surface area contributed by atoms with Crippen molar-refractivity contribution in [3.8, 4) is 0 Å². The van der Waals surface area contributed by atoms with Gasteiger partial charge in [-0.2, -0.15) is 11.8 Å². The lowest BCUT2D eigenvalue weighted by Crippen LogP contribution is -2.26. The Kier molecular flexibility index (Phi) is 5.85. The summed E-state index contributed by atoms with van der Waals surface area (Å²) in [5.41, 5.74) is 7.10. The van der Waals surface area contributed by atoms with Gasteiger partial charge in [-0.25, -0.2) is 4.39 Å². The molecule has 2 atom stereocenters. The summed E-state index contributed by atoms with van der Waals surface area (Å²) in [7, 11) is 0. The SMILES string of the molecule is CCCSC(c1cccc(F)c1)C(N)CC. The molecule has 16 heavy (non-hydrogen) atoms. The van der Waals surface area contributed by atoms with Gasteiger partial charge in [0.05, 0.1) is 0 Å². The Morgan fingerprint density at radius 1 is 1.38 bits per heavy atom. The Balaban J connectivity index is 2.82. The third-order valence-electron chi connectivity index (χ3n) is 2.54. The summed E-state index contributed by atoms with van der Waals surface area (Å²) in [4.78, 5) is 0. The number of hydrogen-bond donors (Lipinski definition) is 1. The number of thioether (sulfide) groups is 1. The van der Waals surface area contributed by atoms with Crippen LogP contribution in [0.1, 0.15) is 37.5 Å². The minimum atomic E-state index is -0.178. The average Bonchev–Trinajstić information content (AvgIpc) is 2.29. The molecule has 0 saturated heterocycles. The molecule has 0 aromatic heterocycles. The van der Waals surface area contributed by atoms with Crippen molar-refractivity contribution in [3.63, 3.8) is 0 Å².